The van der Waals surface area contributed by atoms with Crippen LogP contribution < -0.4 is 20.5 Å². The maximum Gasteiger partial charge on any atom is 0.258 e. The zero-order valence-corrected chi connectivity index (χ0v) is 16.2. The summed E-state index contributed by atoms with van der Waals surface area (Å²) in [6.07, 6.45) is 4.54. The minimum Gasteiger partial charge on any atom is -0.494 e. The molecule has 1 fully saturated rings. The molecule has 7 nitrogen and oxygen atoms in total. The van der Waals surface area contributed by atoms with Gasteiger partial charge in [0.1, 0.15) is 11.6 Å². The summed E-state index contributed by atoms with van der Waals surface area (Å²) in [6, 6.07) is 7.63. The highest BCUT2D eigenvalue weighted by Gasteiger charge is 2.31. The maximum atomic E-state index is 12.9. The molecule has 0 bridgehead atoms. The molecular weight excluding hydrogens is 356 g/mol. The van der Waals surface area contributed by atoms with Crippen molar-refractivity contribution < 1.29 is 9.53 Å². The summed E-state index contributed by atoms with van der Waals surface area (Å²) in [5.41, 5.74) is 1.27. The Labute approximate surface area is 164 Å². The minimum atomic E-state index is -0.310. The highest BCUT2D eigenvalue weighted by atomic mass is 16.5. The number of benzene rings is 1. The Kier molecular flexibility index (Phi) is 5.32. The van der Waals surface area contributed by atoms with E-state index in [1.54, 1.807) is 0 Å². The maximum absolute atomic E-state index is 12.9. The fourth-order valence-corrected chi connectivity index (χ4v) is 3.92. The van der Waals surface area contributed by atoms with Gasteiger partial charge in [0.15, 0.2) is 0 Å². The van der Waals surface area contributed by atoms with Crippen LogP contribution in [0.5, 0.6) is 5.75 Å². The lowest BCUT2D eigenvalue weighted by Gasteiger charge is -2.29. The molecule has 0 aliphatic carbocycles. The molecule has 1 atom stereocenters. The normalized spacial score (nSPS) is 19.1. The predicted octanol–water partition coefficient (Wildman–Crippen LogP) is 3.02. The van der Waals surface area contributed by atoms with Crippen LogP contribution in [0.25, 0.3) is 0 Å². The van der Waals surface area contributed by atoms with Crippen LogP contribution >= 0.6 is 0 Å². The summed E-state index contributed by atoms with van der Waals surface area (Å²) in [4.78, 5) is 34.9. The fourth-order valence-electron chi connectivity index (χ4n) is 3.92. The van der Waals surface area contributed by atoms with Gasteiger partial charge in [0, 0.05) is 25.4 Å². The second kappa shape index (κ2) is 8.04. The van der Waals surface area contributed by atoms with E-state index in [0.29, 0.717) is 23.9 Å². The lowest BCUT2D eigenvalue weighted by atomic mass is 9.87. The highest BCUT2D eigenvalue weighted by Crippen LogP contribution is 2.35. The van der Waals surface area contributed by atoms with Gasteiger partial charge >= 0.3 is 0 Å². The lowest BCUT2D eigenvalue weighted by Crippen LogP contribution is -2.36. The third kappa shape index (κ3) is 3.74. The third-order valence-corrected chi connectivity index (χ3v) is 5.35. The van der Waals surface area contributed by atoms with E-state index in [-0.39, 0.29) is 23.8 Å². The van der Waals surface area contributed by atoms with E-state index in [1.165, 1.54) is 6.42 Å². The van der Waals surface area contributed by atoms with Crippen molar-refractivity contribution in [3.63, 3.8) is 0 Å². The Morgan fingerprint density at radius 1 is 1.14 bits per heavy atom. The number of nitrogens with zero attached hydrogens (tertiary/aromatic N) is 2. The van der Waals surface area contributed by atoms with Gasteiger partial charge in [-0.1, -0.05) is 19.1 Å². The van der Waals surface area contributed by atoms with Crippen molar-refractivity contribution in [1.82, 2.24) is 9.97 Å². The van der Waals surface area contributed by atoms with Crippen molar-refractivity contribution in [2.45, 2.75) is 44.9 Å². The minimum absolute atomic E-state index is 0.119. The van der Waals surface area contributed by atoms with Crippen molar-refractivity contribution in [2.75, 3.05) is 29.9 Å². The van der Waals surface area contributed by atoms with Gasteiger partial charge in [0.2, 0.25) is 11.9 Å². The number of hydrogen-bond donors (Lipinski definition) is 2. The van der Waals surface area contributed by atoms with E-state index < -0.39 is 0 Å². The molecule has 4 rings (SSSR count). The molecule has 3 heterocycles. The van der Waals surface area contributed by atoms with Crippen LogP contribution in [0.2, 0.25) is 0 Å². The zero-order valence-electron chi connectivity index (χ0n) is 16.2. The molecule has 1 amide bonds. The van der Waals surface area contributed by atoms with Gasteiger partial charge < -0.3 is 15.0 Å². The van der Waals surface area contributed by atoms with Crippen molar-refractivity contribution in [3.8, 4) is 5.75 Å². The first-order chi connectivity index (χ1) is 13.7. The topological polar surface area (TPSA) is 87.3 Å². The molecular formula is C21H26N4O3. The van der Waals surface area contributed by atoms with Crippen molar-refractivity contribution >= 4 is 17.7 Å². The van der Waals surface area contributed by atoms with Crippen LogP contribution in [-0.2, 0) is 4.79 Å². The number of hydrogen-bond acceptors (Lipinski definition) is 5. The number of carbonyl (C=O) groups excluding carboxylic acids is 1. The largest absolute Gasteiger partial charge is 0.494 e. The standard InChI is InChI=1S/C21H26N4O3/c1-2-12-28-15-8-6-14(7-9-15)16-13-17(26)22-19-18(16)20(27)24-21(23-19)25-10-4-3-5-11-25/h6-9,16H,2-5,10-13H2,1H3,(H2,22,23,24,26,27)/t16-/m0/s1. The molecule has 0 unspecified atom stereocenters. The lowest BCUT2D eigenvalue weighted by molar-refractivity contribution is -0.116. The van der Waals surface area contributed by atoms with Gasteiger partial charge in [-0.05, 0) is 43.4 Å². The number of nitrogens with one attached hydrogen (secondary N) is 2. The van der Waals surface area contributed by atoms with Gasteiger partial charge in [0.25, 0.3) is 5.56 Å². The summed E-state index contributed by atoms with van der Waals surface area (Å²) < 4.78 is 5.63. The van der Waals surface area contributed by atoms with Gasteiger partial charge in [-0.25, -0.2) is 0 Å². The fraction of sp³-hybridized carbons (Fsp3) is 0.476. The number of ether oxygens (including phenoxy) is 1. The van der Waals surface area contributed by atoms with Crippen LogP contribution in [-0.4, -0.2) is 35.6 Å². The highest BCUT2D eigenvalue weighted by molar-refractivity contribution is 5.94. The van der Waals surface area contributed by atoms with E-state index in [4.69, 9.17) is 4.74 Å². The average molecular weight is 382 g/mol. The first-order valence-corrected chi connectivity index (χ1v) is 10.1. The van der Waals surface area contributed by atoms with E-state index in [9.17, 15) is 9.59 Å². The van der Waals surface area contributed by atoms with Crippen LogP contribution in [0.1, 0.15) is 56.1 Å². The van der Waals surface area contributed by atoms with E-state index in [1.807, 2.05) is 24.3 Å². The smallest absolute Gasteiger partial charge is 0.258 e. The second-order valence-electron chi connectivity index (χ2n) is 7.42. The number of carbonyl (C=O) groups is 1. The third-order valence-electron chi connectivity index (χ3n) is 5.35. The molecule has 0 spiro atoms. The summed E-state index contributed by atoms with van der Waals surface area (Å²) in [6.45, 7) is 4.47. The van der Waals surface area contributed by atoms with Gasteiger partial charge in [-0.3, -0.25) is 14.6 Å². The number of aromatic nitrogens is 2. The monoisotopic (exact) mass is 382 g/mol. The molecule has 1 saturated heterocycles. The zero-order chi connectivity index (χ0) is 19.5. The first-order valence-electron chi connectivity index (χ1n) is 10.1. The molecule has 148 valence electrons. The molecule has 2 aliphatic heterocycles. The SMILES string of the molecule is CCCOc1ccc([C@@H]2CC(=O)Nc3nc(N4CCCCC4)[nH]c(=O)c32)cc1. The Balaban J connectivity index is 1.66. The van der Waals surface area contributed by atoms with Crippen LogP contribution in [0, 0.1) is 0 Å². The van der Waals surface area contributed by atoms with Gasteiger partial charge in [-0.15, -0.1) is 0 Å². The molecule has 2 N–H and O–H groups in total. The van der Waals surface area contributed by atoms with E-state index >= 15 is 0 Å². The number of H-pyrrole nitrogens is 1. The van der Waals surface area contributed by atoms with Crippen LogP contribution in [0.4, 0.5) is 11.8 Å². The summed E-state index contributed by atoms with van der Waals surface area (Å²) in [5, 5.41) is 2.80. The molecule has 0 radical (unpaired) electrons. The predicted molar refractivity (Wildman–Crippen MR) is 108 cm³/mol. The molecule has 7 heteroatoms. The molecule has 2 aliphatic rings. The van der Waals surface area contributed by atoms with Gasteiger partial charge in [0.05, 0.1) is 12.2 Å². The molecule has 28 heavy (non-hydrogen) atoms. The number of aromatic amines is 1. The van der Waals surface area contributed by atoms with E-state index in [0.717, 1.165) is 43.7 Å². The average Bonchev–Trinajstić information content (AvgIpc) is 2.72. The Hall–Kier alpha value is -2.83. The molecule has 1 aromatic carbocycles. The van der Waals surface area contributed by atoms with E-state index in [2.05, 4.69) is 27.1 Å². The van der Waals surface area contributed by atoms with Crippen LogP contribution in [0.3, 0.4) is 0 Å². The number of fused-ring (bicyclic) bond motifs is 1. The summed E-state index contributed by atoms with van der Waals surface area (Å²) in [5.74, 6) is 1.30. The van der Waals surface area contributed by atoms with Crippen molar-refractivity contribution in [3.05, 3.63) is 45.7 Å². The Morgan fingerprint density at radius 3 is 2.61 bits per heavy atom. The molecule has 2 aromatic rings. The number of piperidine rings is 1. The Morgan fingerprint density at radius 2 is 1.89 bits per heavy atom. The molecule has 0 saturated carbocycles. The number of rotatable bonds is 5. The first kappa shape index (κ1) is 18.5. The number of amides is 1. The summed E-state index contributed by atoms with van der Waals surface area (Å²) in [7, 11) is 0. The quantitative estimate of drug-likeness (QED) is 0.830. The van der Waals surface area contributed by atoms with Crippen molar-refractivity contribution in [2.24, 2.45) is 0 Å². The Bertz CT molecular complexity index is 901. The van der Waals surface area contributed by atoms with Crippen molar-refractivity contribution in [1.29, 1.82) is 0 Å². The van der Waals surface area contributed by atoms with Crippen LogP contribution in [0.15, 0.2) is 29.1 Å². The summed E-state index contributed by atoms with van der Waals surface area (Å²) >= 11 is 0. The second-order valence-corrected chi connectivity index (χ2v) is 7.42. The van der Waals surface area contributed by atoms with Gasteiger partial charge in [-0.2, -0.15) is 4.98 Å². The molecule has 1 aromatic heterocycles. The number of anilines is 2.